The standard InChI is InChI=1S/C19H22N2O3/c1-2-11-21(15-5-3-4-6-15)19(23)13-24-16-8-9-17-14(12-16)7-10-18(22)20-17/h2,7-10,12,15H,1,3-6,11,13H2,(H,20,22). The number of H-pyrrole nitrogens is 1. The molecule has 24 heavy (non-hydrogen) atoms. The Kier molecular flexibility index (Phi) is 4.99. The van der Waals surface area contributed by atoms with Crippen molar-refractivity contribution in [3.8, 4) is 5.75 Å². The Balaban J connectivity index is 1.67. The highest BCUT2D eigenvalue weighted by Crippen LogP contribution is 2.24. The van der Waals surface area contributed by atoms with E-state index in [4.69, 9.17) is 4.74 Å². The number of nitrogens with one attached hydrogen (secondary N) is 1. The smallest absolute Gasteiger partial charge is 0.261 e. The average molecular weight is 326 g/mol. The van der Waals surface area contributed by atoms with E-state index < -0.39 is 0 Å². The van der Waals surface area contributed by atoms with Crippen LogP contribution in [0.1, 0.15) is 25.7 Å². The summed E-state index contributed by atoms with van der Waals surface area (Å²) in [5, 5.41) is 0.873. The number of rotatable bonds is 6. The third-order valence-corrected chi connectivity index (χ3v) is 4.47. The summed E-state index contributed by atoms with van der Waals surface area (Å²) >= 11 is 0. The second-order valence-electron chi connectivity index (χ2n) is 6.13. The summed E-state index contributed by atoms with van der Waals surface area (Å²) in [5.74, 6) is 0.608. The number of aromatic amines is 1. The van der Waals surface area contributed by atoms with Crippen molar-refractivity contribution in [3.05, 3.63) is 53.3 Å². The molecular formula is C19H22N2O3. The van der Waals surface area contributed by atoms with Crippen LogP contribution in [0.4, 0.5) is 0 Å². The van der Waals surface area contributed by atoms with Gasteiger partial charge in [0.1, 0.15) is 5.75 Å². The van der Waals surface area contributed by atoms with Crippen molar-refractivity contribution in [2.45, 2.75) is 31.7 Å². The normalized spacial score (nSPS) is 14.7. The van der Waals surface area contributed by atoms with Crippen LogP contribution in [0.2, 0.25) is 0 Å². The molecule has 1 saturated carbocycles. The van der Waals surface area contributed by atoms with Crippen LogP contribution in [0.15, 0.2) is 47.8 Å². The van der Waals surface area contributed by atoms with Crippen LogP contribution in [0.5, 0.6) is 5.75 Å². The van der Waals surface area contributed by atoms with Crippen LogP contribution in [-0.2, 0) is 4.79 Å². The lowest BCUT2D eigenvalue weighted by Gasteiger charge is -2.27. The van der Waals surface area contributed by atoms with Crippen molar-refractivity contribution in [2.24, 2.45) is 0 Å². The van der Waals surface area contributed by atoms with Gasteiger partial charge in [-0.1, -0.05) is 18.9 Å². The van der Waals surface area contributed by atoms with Crippen LogP contribution in [0.3, 0.4) is 0 Å². The Hall–Kier alpha value is -2.56. The van der Waals surface area contributed by atoms with Crippen LogP contribution < -0.4 is 10.3 Å². The highest BCUT2D eigenvalue weighted by atomic mass is 16.5. The van der Waals surface area contributed by atoms with Crippen LogP contribution in [0.25, 0.3) is 10.9 Å². The van der Waals surface area contributed by atoms with Gasteiger partial charge in [-0.15, -0.1) is 6.58 Å². The van der Waals surface area contributed by atoms with Gasteiger partial charge in [-0.25, -0.2) is 0 Å². The number of hydrogen-bond donors (Lipinski definition) is 1. The second-order valence-corrected chi connectivity index (χ2v) is 6.13. The highest BCUT2D eigenvalue weighted by Gasteiger charge is 2.25. The van der Waals surface area contributed by atoms with Crippen molar-refractivity contribution in [3.63, 3.8) is 0 Å². The van der Waals surface area contributed by atoms with Gasteiger partial charge in [-0.3, -0.25) is 9.59 Å². The van der Waals surface area contributed by atoms with E-state index in [-0.39, 0.29) is 18.1 Å². The van der Waals surface area contributed by atoms with Crippen molar-refractivity contribution >= 4 is 16.8 Å². The molecule has 1 heterocycles. The molecule has 0 spiro atoms. The molecule has 0 unspecified atom stereocenters. The summed E-state index contributed by atoms with van der Waals surface area (Å²) in [6.45, 7) is 4.32. The zero-order valence-electron chi connectivity index (χ0n) is 13.7. The molecule has 1 amide bonds. The lowest BCUT2D eigenvalue weighted by atomic mass is 10.2. The van der Waals surface area contributed by atoms with Gasteiger partial charge in [0.05, 0.1) is 0 Å². The molecule has 5 nitrogen and oxygen atoms in total. The minimum absolute atomic E-state index is 0.0108. The van der Waals surface area contributed by atoms with Gasteiger partial charge in [0, 0.05) is 29.6 Å². The fourth-order valence-corrected chi connectivity index (χ4v) is 3.26. The van der Waals surface area contributed by atoms with Gasteiger partial charge >= 0.3 is 0 Å². The fourth-order valence-electron chi connectivity index (χ4n) is 3.26. The summed E-state index contributed by atoms with van der Waals surface area (Å²) in [6, 6.07) is 8.90. The average Bonchev–Trinajstić information content (AvgIpc) is 3.11. The van der Waals surface area contributed by atoms with Crippen molar-refractivity contribution in [1.29, 1.82) is 0 Å². The SMILES string of the molecule is C=CCN(C(=O)COc1ccc2[nH]c(=O)ccc2c1)C1CCCC1. The summed E-state index contributed by atoms with van der Waals surface area (Å²) in [4.78, 5) is 28.4. The summed E-state index contributed by atoms with van der Waals surface area (Å²) in [6.07, 6.45) is 6.24. The van der Waals surface area contributed by atoms with Crippen LogP contribution in [0, 0.1) is 0 Å². The molecule has 0 bridgehead atoms. The lowest BCUT2D eigenvalue weighted by Crippen LogP contribution is -2.41. The van der Waals surface area contributed by atoms with Crippen LogP contribution in [-0.4, -0.2) is 35.0 Å². The first-order valence-corrected chi connectivity index (χ1v) is 8.33. The Bertz CT molecular complexity index is 791. The van der Waals surface area contributed by atoms with E-state index in [9.17, 15) is 9.59 Å². The number of pyridine rings is 1. The maximum atomic E-state index is 12.5. The maximum absolute atomic E-state index is 12.5. The molecule has 1 N–H and O–H groups in total. The minimum atomic E-state index is -0.136. The van der Waals surface area contributed by atoms with E-state index in [0.29, 0.717) is 18.3 Å². The molecule has 0 radical (unpaired) electrons. The van der Waals surface area contributed by atoms with Gasteiger partial charge in [-0.05, 0) is 37.1 Å². The van der Waals surface area contributed by atoms with E-state index in [1.54, 1.807) is 24.3 Å². The molecule has 0 atom stereocenters. The molecule has 0 saturated heterocycles. The van der Waals surface area contributed by atoms with Gasteiger partial charge in [0.25, 0.3) is 5.91 Å². The van der Waals surface area contributed by atoms with Gasteiger partial charge in [0.15, 0.2) is 6.61 Å². The van der Waals surface area contributed by atoms with E-state index in [1.165, 1.54) is 18.9 Å². The predicted octanol–water partition coefficient (Wildman–Crippen LogP) is 2.86. The number of hydrogen-bond acceptors (Lipinski definition) is 3. The maximum Gasteiger partial charge on any atom is 0.261 e. The summed E-state index contributed by atoms with van der Waals surface area (Å²) < 4.78 is 5.68. The van der Waals surface area contributed by atoms with E-state index in [0.717, 1.165) is 23.7 Å². The number of benzene rings is 1. The third-order valence-electron chi connectivity index (χ3n) is 4.47. The second kappa shape index (κ2) is 7.34. The molecule has 5 heteroatoms. The summed E-state index contributed by atoms with van der Waals surface area (Å²) in [7, 11) is 0. The number of fused-ring (bicyclic) bond motifs is 1. The highest BCUT2D eigenvalue weighted by molar-refractivity contribution is 5.81. The summed E-state index contributed by atoms with van der Waals surface area (Å²) in [5.41, 5.74) is 0.614. The van der Waals surface area contributed by atoms with E-state index >= 15 is 0 Å². The molecule has 1 aliphatic rings. The van der Waals surface area contributed by atoms with Crippen molar-refractivity contribution < 1.29 is 9.53 Å². The van der Waals surface area contributed by atoms with Crippen molar-refractivity contribution in [2.75, 3.05) is 13.2 Å². The molecule has 126 valence electrons. The topological polar surface area (TPSA) is 62.4 Å². The number of amides is 1. The molecule has 1 fully saturated rings. The Morgan fingerprint density at radius 1 is 1.29 bits per heavy atom. The molecule has 1 aromatic carbocycles. The van der Waals surface area contributed by atoms with E-state index in [2.05, 4.69) is 11.6 Å². The predicted molar refractivity (Wildman–Crippen MR) is 94.2 cm³/mol. The zero-order chi connectivity index (χ0) is 16.9. The van der Waals surface area contributed by atoms with Crippen LogP contribution >= 0.6 is 0 Å². The van der Waals surface area contributed by atoms with E-state index in [1.807, 2.05) is 11.0 Å². The largest absolute Gasteiger partial charge is 0.484 e. The quantitative estimate of drug-likeness (QED) is 0.830. The zero-order valence-corrected chi connectivity index (χ0v) is 13.7. The molecular weight excluding hydrogens is 304 g/mol. The molecule has 3 rings (SSSR count). The van der Waals surface area contributed by atoms with Crippen molar-refractivity contribution in [1.82, 2.24) is 9.88 Å². The van der Waals surface area contributed by atoms with Gasteiger partial charge < -0.3 is 14.6 Å². The number of nitrogens with zero attached hydrogens (tertiary/aromatic N) is 1. The Morgan fingerprint density at radius 3 is 2.83 bits per heavy atom. The monoisotopic (exact) mass is 326 g/mol. The number of carbonyl (C=O) groups excluding carboxylic acids is 1. The third kappa shape index (κ3) is 3.67. The first kappa shape index (κ1) is 16.3. The minimum Gasteiger partial charge on any atom is -0.484 e. The fraction of sp³-hybridized carbons (Fsp3) is 0.368. The molecule has 2 aromatic rings. The number of aromatic nitrogens is 1. The first-order valence-electron chi connectivity index (χ1n) is 8.33. The molecule has 1 aliphatic carbocycles. The first-order chi connectivity index (χ1) is 11.7. The number of ether oxygens (including phenoxy) is 1. The lowest BCUT2D eigenvalue weighted by molar-refractivity contribution is -0.135. The molecule has 1 aromatic heterocycles. The number of carbonyl (C=O) groups is 1. The van der Waals surface area contributed by atoms with Gasteiger partial charge in [-0.2, -0.15) is 0 Å². The molecule has 0 aliphatic heterocycles. The van der Waals surface area contributed by atoms with Gasteiger partial charge in [0.2, 0.25) is 5.56 Å². The Morgan fingerprint density at radius 2 is 2.08 bits per heavy atom. The Labute approximate surface area is 140 Å².